The summed E-state index contributed by atoms with van der Waals surface area (Å²) in [5.41, 5.74) is 1.10. The van der Waals surface area contributed by atoms with Crippen LogP contribution in [0.2, 0.25) is 0 Å². The molecule has 1 N–H and O–H groups in total. The van der Waals surface area contributed by atoms with Crippen molar-refractivity contribution in [2.45, 2.75) is 31.1 Å². The topological polar surface area (TPSA) is 55.1 Å². The van der Waals surface area contributed by atoms with E-state index in [0.29, 0.717) is 0 Å². The number of rotatable bonds is 3. The van der Waals surface area contributed by atoms with Crippen LogP contribution < -0.4 is 0 Å². The summed E-state index contributed by atoms with van der Waals surface area (Å²) >= 11 is 0. The first-order valence-corrected chi connectivity index (χ1v) is 6.56. The number of hydrogen-bond donors (Lipinski definition) is 1. The van der Waals surface area contributed by atoms with Gasteiger partial charge in [0.05, 0.1) is 11.1 Å². The van der Waals surface area contributed by atoms with Gasteiger partial charge in [-0.15, -0.1) is 0 Å². The van der Waals surface area contributed by atoms with E-state index in [2.05, 4.69) is 5.10 Å². The van der Waals surface area contributed by atoms with Gasteiger partial charge in [-0.1, -0.05) is 25.0 Å². The molecule has 0 amide bonds. The molecule has 19 heavy (non-hydrogen) atoms. The van der Waals surface area contributed by atoms with E-state index in [0.717, 1.165) is 36.9 Å². The number of nitrogens with zero attached hydrogens (tertiary/aromatic N) is 2. The highest BCUT2D eigenvalue weighted by Crippen LogP contribution is 2.41. The van der Waals surface area contributed by atoms with E-state index >= 15 is 0 Å². The summed E-state index contributed by atoms with van der Waals surface area (Å²) in [5, 5.41) is 13.8. The van der Waals surface area contributed by atoms with Gasteiger partial charge in [0, 0.05) is 12.4 Å². The second-order valence-electron chi connectivity index (χ2n) is 5.10. The molecule has 0 spiro atoms. The Labute approximate surface area is 111 Å². The Morgan fingerprint density at radius 1 is 1.26 bits per heavy atom. The van der Waals surface area contributed by atoms with Gasteiger partial charge in [-0.25, -0.2) is 4.68 Å². The van der Waals surface area contributed by atoms with Crippen molar-refractivity contribution in [2.24, 2.45) is 0 Å². The summed E-state index contributed by atoms with van der Waals surface area (Å²) in [4.78, 5) is 11.7. The monoisotopic (exact) mass is 256 g/mol. The standard InChI is InChI=1S/C15H16N2O2/c18-14(19)15(7-1-2-8-15)12-5-3-6-13(11-12)17-10-4-9-16-17/h3-6,9-11H,1-2,7-8H2,(H,18,19). The van der Waals surface area contributed by atoms with Crippen molar-refractivity contribution in [3.8, 4) is 5.69 Å². The minimum atomic E-state index is -0.706. The van der Waals surface area contributed by atoms with E-state index in [9.17, 15) is 9.90 Å². The van der Waals surface area contributed by atoms with E-state index in [1.807, 2.05) is 36.5 Å². The maximum atomic E-state index is 11.7. The van der Waals surface area contributed by atoms with Gasteiger partial charge in [-0.05, 0) is 36.6 Å². The van der Waals surface area contributed by atoms with Crippen molar-refractivity contribution in [1.29, 1.82) is 0 Å². The predicted molar refractivity (Wildman–Crippen MR) is 71.3 cm³/mol. The number of carboxylic acids is 1. The van der Waals surface area contributed by atoms with E-state index in [1.54, 1.807) is 10.9 Å². The lowest BCUT2D eigenvalue weighted by atomic mass is 9.79. The van der Waals surface area contributed by atoms with Gasteiger partial charge >= 0.3 is 5.97 Å². The zero-order valence-electron chi connectivity index (χ0n) is 10.6. The fourth-order valence-corrected chi connectivity index (χ4v) is 2.97. The zero-order chi connectivity index (χ0) is 13.3. The molecule has 4 heteroatoms. The molecule has 2 aromatic rings. The molecule has 1 saturated carbocycles. The van der Waals surface area contributed by atoms with Crippen LogP contribution in [0.15, 0.2) is 42.7 Å². The second-order valence-corrected chi connectivity index (χ2v) is 5.10. The lowest BCUT2D eigenvalue weighted by Gasteiger charge is -2.24. The molecule has 0 aliphatic heterocycles. The Hall–Kier alpha value is -2.10. The van der Waals surface area contributed by atoms with Crippen LogP contribution in [-0.2, 0) is 10.2 Å². The Kier molecular flexibility index (Phi) is 2.85. The van der Waals surface area contributed by atoms with Crippen molar-refractivity contribution < 1.29 is 9.90 Å². The first kappa shape index (κ1) is 12.0. The largest absolute Gasteiger partial charge is 0.481 e. The van der Waals surface area contributed by atoms with Crippen molar-refractivity contribution in [2.75, 3.05) is 0 Å². The third kappa shape index (κ3) is 1.93. The number of carboxylic acid groups (broad SMARTS) is 1. The van der Waals surface area contributed by atoms with E-state index < -0.39 is 11.4 Å². The summed E-state index contributed by atoms with van der Waals surface area (Å²) < 4.78 is 1.76. The van der Waals surface area contributed by atoms with Crippen LogP contribution in [-0.4, -0.2) is 20.9 Å². The Morgan fingerprint density at radius 2 is 2.05 bits per heavy atom. The Morgan fingerprint density at radius 3 is 2.68 bits per heavy atom. The molecule has 98 valence electrons. The minimum Gasteiger partial charge on any atom is -0.481 e. The molecule has 1 aromatic carbocycles. The van der Waals surface area contributed by atoms with Crippen LogP contribution in [0, 0.1) is 0 Å². The summed E-state index contributed by atoms with van der Waals surface area (Å²) in [6.45, 7) is 0. The van der Waals surface area contributed by atoms with Crippen molar-refractivity contribution >= 4 is 5.97 Å². The molecule has 3 rings (SSSR count). The number of benzene rings is 1. The van der Waals surface area contributed by atoms with Gasteiger partial charge in [0.2, 0.25) is 0 Å². The van der Waals surface area contributed by atoms with Gasteiger partial charge in [0.15, 0.2) is 0 Å². The van der Waals surface area contributed by atoms with Crippen LogP contribution in [0.3, 0.4) is 0 Å². The molecule has 0 bridgehead atoms. The highest BCUT2D eigenvalue weighted by molar-refractivity contribution is 5.82. The normalized spacial score (nSPS) is 17.5. The van der Waals surface area contributed by atoms with Crippen LogP contribution in [0.25, 0.3) is 5.69 Å². The smallest absolute Gasteiger partial charge is 0.314 e. The lowest BCUT2D eigenvalue weighted by molar-refractivity contribution is -0.143. The Bertz CT molecular complexity index is 584. The number of aromatic nitrogens is 2. The van der Waals surface area contributed by atoms with Gasteiger partial charge in [0.1, 0.15) is 0 Å². The molecular formula is C15H16N2O2. The molecular weight excluding hydrogens is 240 g/mol. The van der Waals surface area contributed by atoms with Crippen molar-refractivity contribution in [3.05, 3.63) is 48.3 Å². The highest BCUT2D eigenvalue weighted by atomic mass is 16.4. The van der Waals surface area contributed by atoms with Crippen LogP contribution in [0.4, 0.5) is 0 Å². The van der Waals surface area contributed by atoms with E-state index in [4.69, 9.17) is 0 Å². The molecule has 0 unspecified atom stereocenters. The molecule has 0 saturated heterocycles. The fraction of sp³-hybridized carbons (Fsp3) is 0.333. The molecule has 0 radical (unpaired) electrons. The summed E-state index contributed by atoms with van der Waals surface area (Å²) in [6, 6.07) is 9.59. The Balaban J connectivity index is 2.05. The van der Waals surface area contributed by atoms with E-state index in [1.165, 1.54) is 0 Å². The van der Waals surface area contributed by atoms with Crippen LogP contribution >= 0.6 is 0 Å². The number of hydrogen-bond acceptors (Lipinski definition) is 2. The SMILES string of the molecule is O=C(O)C1(c2cccc(-n3cccn3)c2)CCCC1. The third-order valence-electron chi connectivity index (χ3n) is 4.03. The summed E-state index contributed by atoms with van der Waals surface area (Å²) in [6.07, 6.45) is 7.00. The molecule has 1 aliphatic carbocycles. The molecule has 4 nitrogen and oxygen atoms in total. The average molecular weight is 256 g/mol. The number of carbonyl (C=O) groups is 1. The molecule has 1 aromatic heterocycles. The van der Waals surface area contributed by atoms with Gasteiger partial charge in [0.25, 0.3) is 0 Å². The van der Waals surface area contributed by atoms with Crippen molar-refractivity contribution in [1.82, 2.24) is 9.78 Å². The zero-order valence-corrected chi connectivity index (χ0v) is 10.6. The molecule has 1 aliphatic rings. The predicted octanol–water partition coefficient (Wildman–Crippen LogP) is 2.77. The quantitative estimate of drug-likeness (QED) is 0.918. The third-order valence-corrected chi connectivity index (χ3v) is 4.03. The van der Waals surface area contributed by atoms with Crippen molar-refractivity contribution in [3.63, 3.8) is 0 Å². The van der Waals surface area contributed by atoms with Gasteiger partial charge in [-0.2, -0.15) is 5.10 Å². The summed E-state index contributed by atoms with van der Waals surface area (Å²) in [5.74, 6) is -0.706. The first-order valence-electron chi connectivity index (χ1n) is 6.56. The second kappa shape index (κ2) is 4.53. The maximum Gasteiger partial charge on any atom is 0.314 e. The lowest BCUT2D eigenvalue weighted by Crippen LogP contribution is -2.32. The fourth-order valence-electron chi connectivity index (χ4n) is 2.97. The van der Waals surface area contributed by atoms with Crippen LogP contribution in [0.5, 0.6) is 0 Å². The van der Waals surface area contributed by atoms with Crippen LogP contribution in [0.1, 0.15) is 31.2 Å². The highest BCUT2D eigenvalue weighted by Gasteiger charge is 2.42. The maximum absolute atomic E-state index is 11.7. The minimum absolute atomic E-state index is 0.705. The summed E-state index contributed by atoms with van der Waals surface area (Å²) in [7, 11) is 0. The van der Waals surface area contributed by atoms with E-state index in [-0.39, 0.29) is 0 Å². The molecule has 1 fully saturated rings. The number of aliphatic carboxylic acids is 1. The van der Waals surface area contributed by atoms with Gasteiger partial charge in [-0.3, -0.25) is 4.79 Å². The molecule has 0 atom stereocenters. The average Bonchev–Trinajstić information content (AvgIpc) is 3.11. The van der Waals surface area contributed by atoms with Gasteiger partial charge < -0.3 is 5.11 Å². The molecule has 1 heterocycles. The first-order chi connectivity index (χ1) is 9.22.